The van der Waals surface area contributed by atoms with Crippen LogP contribution >= 0.6 is 23.1 Å². The van der Waals surface area contributed by atoms with Gasteiger partial charge in [0, 0.05) is 11.3 Å². The number of carbonyl (C=O) groups excluding carboxylic acids is 2. The average Bonchev–Trinajstić information content (AvgIpc) is 3.15. The van der Waals surface area contributed by atoms with Crippen molar-refractivity contribution in [3.8, 4) is 0 Å². The molecular formula is C18H12F4N4O2S2. The van der Waals surface area contributed by atoms with Crippen molar-refractivity contribution >= 4 is 45.7 Å². The molecule has 1 heterocycles. The summed E-state index contributed by atoms with van der Waals surface area (Å²) >= 11 is 2.03. The average molecular weight is 456 g/mol. The molecular weight excluding hydrogens is 444 g/mol. The van der Waals surface area contributed by atoms with Gasteiger partial charge in [-0.3, -0.25) is 14.9 Å². The van der Waals surface area contributed by atoms with Gasteiger partial charge in [0.2, 0.25) is 11.0 Å². The Morgan fingerprint density at radius 1 is 1.03 bits per heavy atom. The van der Waals surface area contributed by atoms with E-state index in [1.165, 1.54) is 30.3 Å². The first-order chi connectivity index (χ1) is 14.2. The molecule has 0 bridgehead atoms. The van der Waals surface area contributed by atoms with Crippen LogP contribution < -0.4 is 10.6 Å². The Bertz CT molecular complexity index is 1050. The van der Waals surface area contributed by atoms with E-state index >= 15 is 0 Å². The van der Waals surface area contributed by atoms with Crippen molar-refractivity contribution in [2.24, 2.45) is 0 Å². The minimum absolute atomic E-state index is 0.00636. The highest BCUT2D eigenvalue weighted by atomic mass is 32.2. The molecule has 0 saturated heterocycles. The molecule has 0 aliphatic heterocycles. The maximum atomic E-state index is 12.9. The van der Waals surface area contributed by atoms with Gasteiger partial charge in [0.15, 0.2) is 4.34 Å². The Hall–Kier alpha value is -2.99. The van der Waals surface area contributed by atoms with E-state index in [1.807, 2.05) is 0 Å². The summed E-state index contributed by atoms with van der Waals surface area (Å²) in [6.07, 6.45) is -4.56. The third-order valence-electron chi connectivity index (χ3n) is 3.53. The van der Waals surface area contributed by atoms with Crippen LogP contribution in [0.1, 0.15) is 15.9 Å². The Morgan fingerprint density at radius 3 is 2.47 bits per heavy atom. The molecule has 12 heteroatoms. The van der Waals surface area contributed by atoms with Gasteiger partial charge in [-0.1, -0.05) is 29.2 Å². The zero-order valence-corrected chi connectivity index (χ0v) is 16.5. The van der Waals surface area contributed by atoms with Crippen LogP contribution in [0.5, 0.6) is 0 Å². The van der Waals surface area contributed by atoms with Crippen LogP contribution in [0.4, 0.5) is 28.4 Å². The predicted molar refractivity (Wildman–Crippen MR) is 105 cm³/mol. The van der Waals surface area contributed by atoms with Crippen molar-refractivity contribution < 1.29 is 27.2 Å². The number of halogens is 4. The number of rotatable bonds is 6. The van der Waals surface area contributed by atoms with Gasteiger partial charge < -0.3 is 5.32 Å². The molecule has 156 valence electrons. The first-order valence-electron chi connectivity index (χ1n) is 8.21. The van der Waals surface area contributed by atoms with E-state index in [1.54, 1.807) is 0 Å². The molecule has 2 N–H and O–H groups in total. The normalized spacial score (nSPS) is 11.2. The second-order valence-electron chi connectivity index (χ2n) is 5.75. The topological polar surface area (TPSA) is 84.0 Å². The Kier molecular flexibility index (Phi) is 6.67. The smallest absolute Gasteiger partial charge is 0.325 e. The number of amides is 2. The van der Waals surface area contributed by atoms with Gasteiger partial charge in [0.05, 0.1) is 11.3 Å². The summed E-state index contributed by atoms with van der Waals surface area (Å²) < 4.78 is 51.5. The van der Waals surface area contributed by atoms with E-state index in [-0.39, 0.29) is 22.4 Å². The van der Waals surface area contributed by atoms with Gasteiger partial charge in [-0.25, -0.2) is 4.39 Å². The number of alkyl halides is 3. The van der Waals surface area contributed by atoms with Gasteiger partial charge >= 0.3 is 6.18 Å². The summed E-state index contributed by atoms with van der Waals surface area (Å²) in [6, 6.07) is 9.27. The lowest BCUT2D eigenvalue weighted by Gasteiger charge is -2.08. The second kappa shape index (κ2) is 9.22. The van der Waals surface area contributed by atoms with Gasteiger partial charge in [0.25, 0.3) is 5.91 Å². The van der Waals surface area contributed by atoms with Crippen LogP contribution in [0.3, 0.4) is 0 Å². The lowest BCUT2D eigenvalue weighted by atomic mass is 10.1. The number of carbonyl (C=O) groups is 2. The van der Waals surface area contributed by atoms with Crippen molar-refractivity contribution in [3.63, 3.8) is 0 Å². The van der Waals surface area contributed by atoms with Crippen LogP contribution in [0.2, 0.25) is 0 Å². The Balaban J connectivity index is 1.54. The van der Waals surface area contributed by atoms with Crippen molar-refractivity contribution in [1.82, 2.24) is 10.2 Å². The molecule has 2 aromatic carbocycles. The number of anilines is 2. The molecule has 3 aromatic rings. The fraction of sp³-hybridized carbons (Fsp3) is 0.111. The van der Waals surface area contributed by atoms with Crippen molar-refractivity contribution in [1.29, 1.82) is 0 Å². The minimum atomic E-state index is -4.56. The zero-order valence-electron chi connectivity index (χ0n) is 14.9. The van der Waals surface area contributed by atoms with E-state index in [4.69, 9.17) is 0 Å². The maximum Gasteiger partial charge on any atom is 0.416 e. The molecule has 0 aliphatic rings. The van der Waals surface area contributed by atoms with Crippen LogP contribution in [-0.2, 0) is 11.0 Å². The standard InChI is InChI=1S/C18H12F4N4O2S2/c19-12-4-6-13(7-5-12)23-14(27)9-29-17-26-25-16(30-17)24-15(28)10-2-1-3-11(8-10)18(20,21)22/h1-8H,9H2,(H,23,27)(H,24,25,28). The highest BCUT2D eigenvalue weighted by Crippen LogP contribution is 2.30. The maximum absolute atomic E-state index is 12.9. The molecule has 1 aromatic heterocycles. The van der Waals surface area contributed by atoms with E-state index in [2.05, 4.69) is 20.8 Å². The molecule has 0 fully saturated rings. The summed E-state index contributed by atoms with van der Waals surface area (Å²) in [5, 5.41) is 12.6. The van der Waals surface area contributed by atoms with E-state index in [0.29, 0.717) is 10.0 Å². The Labute approximate surface area is 175 Å². The largest absolute Gasteiger partial charge is 0.416 e. The lowest BCUT2D eigenvalue weighted by molar-refractivity contribution is -0.137. The summed E-state index contributed by atoms with van der Waals surface area (Å²) in [5.74, 6) is -1.54. The van der Waals surface area contributed by atoms with Crippen LogP contribution in [-0.4, -0.2) is 27.8 Å². The number of benzene rings is 2. The first kappa shape index (κ1) is 21.7. The SMILES string of the molecule is O=C(CSc1nnc(NC(=O)c2cccc(C(F)(F)F)c2)s1)Nc1ccc(F)cc1. The van der Waals surface area contributed by atoms with Crippen molar-refractivity contribution in [2.45, 2.75) is 10.5 Å². The molecule has 6 nitrogen and oxygen atoms in total. The second-order valence-corrected chi connectivity index (χ2v) is 7.95. The minimum Gasteiger partial charge on any atom is -0.325 e. The number of hydrogen-bond donors (Lipinski definition) is 2. The highest BCUT2D eigenvalue weighted by Gasteiger charge is 2.31. The van der Waals surface area contributed by atoms with Crippen LogP contribution in [0.25, 0.3) is 0 Å². The number of nitrogens with one attached hydrogen (secondary N) is 2. The zero-order chi connectivity index (χ0) is 21.7. The molecule has 0 radical (unpaired) electrons. The third-order valence-corrected chi connectivity index (χ3v) is 5.51. The van der Waals surface area contributed by atoms with E-state index in [0.717, 1.165) is 41.3 Å². The van der Waals surface area contributed by atoms with E-state index in [9.17, 15) is 27.2 Å². The fourth-order valence-corrected chi connectivity index (χ4v) is 3.73. The van der Waals surface area contributed by atoms with Crippen LogP contribution in [0.15, 0.2) is 52.9 Å². The Morgan fingerprint density at radius 2 is 1.77 bits per heavy atom. The third kappa shape index (κ3) is 6.00. The molecule has 3 rings (SSSR count). The quantitative estimate of drug-likeness (QED) is 0.320. The highest BCUT2D eigenvalue weighted by molar-refractivity contribution is 8.01. The number of aromatic nitrogens is 2. The van der Waals surface area contributed by atoms with Crippen molar-refractivity contribution in [2.75, 3.05) is 16.4 Å². The van der Waals surface area contributed by atoms with Crippen LogP contribution in [0, 0.1) is 5.82 Å². The predicted octanol–water partition coefficient (Wildman–Crippen LogP) is 4.68. The summed E-state index contributed by atoms with van der Waals surface area (Å²) in [4.78, 5) is 24.1. The lowest BCUT2D eigenvalue weighted by Crippen LogP contribution is -2.13. The monoisotopic (exact) mass is 456 g/mol. The first-order valence-corrected chi connectivity index (χ1v) is 10.0. The molecule has 2 amide bonds. The van der Waals surface area contributed by atoms with Gasteiger partial charge in [-0.05, 0) is 42.5 Å². The summed E-state index contributed by atoms with van der Waals surface area (Å²) in [7, 11) is 0. The molecule has 0 spiro atoms. The molecule has 0 saturated carbocycles. The fourth-order valence-electron chi connectivity index (χ4n) is 2.18. The number of hydrogen-bond acceptors (Lipinski definition) is 6. The molecule has 30 heavy (non-hydrogen) atoms. The summed E-state index contributed by atoms with van der Waals surface area (Å²) in [6.45, 7) is 0. The van der Waals surface area contributed by atoms with E-state index < -0.39 is 23.5 Å². The number of thioether (sulfide) groups is 1. The van der Waals surface area contributed by atoms with Gasteiger partial charge in [0.1, 0.15) is 5.82 Å². The van der Waals surface area contributed by atoms with Crippen molar-refractivity contribution in [3.05, 3.63) is 65.5 Å². The molecule has 0 aliphatic carbocycles. The van der Waals surface area contributed by atoms with Gasteiger partial charge in [-0.15, -0.1) is 10.2 Å². The number of nitrogens with zero attached hydrogens (tertiary/aromatic N) is 2. The molecule has 0 unspecified atom stereocenters. The molecule has 0 atom stereocenters. The van der Waals surface area contributed by atoms with Gasteiger partial charge in [-0.2, -0.15) is 13.2 Å². The summed E-state index contributed by atoms with van der Waals surface area (Å²) in [5.41, 5.74) is -0.669.